The van der Waals surface area contributed by atoms with Gasteiger partial charge in [0.15, 0.2) is 6.29 Å². The standard InChI is InChI=1S/C11H8O2.CH2O/c12-7-10-9-4-2-1-3-8(9)5-6-11(10)13;1-2/h1-7,13H;1H2. The number of hydrogen-bond donors (Lipinski definition) is 1. The van der Waals surface area contributed by atoms with Gasteiger partial charge in [0.2, 0.25) is 0 Å². The van der Waals surface area contributed by atoms with Gasteiger partial charge in [0, 0.05) is 0 Å². The summed E-state index contributed by atoms with van der Waals surface area (Å²) in [7, 11) is 0. The number of rotatable bonds is 1. The Morgan fingerprint density at radius 2 is 1.73 bits per heavy atom. The van der Waals surface area contributed by atoms with Crippen LogP contribution in [0, 0.1) is 0 Å². The predicted octanol–water partition coefficient (Wildman–Crippen LogP) is 2.17. The minimum atomic E-state index is 0.0358. The summed E-state index contributed by atoms with van der Waals surface area (Å²) in [6.45, 7) is 2.00. The molecule has 3 heteroatoms. The second-order valence-electron chi connectivity index (χ2n) is 2.84. The number of phenolic OH excluding ortho intramolecular Hbond substituents is 1. The molecule has 0 bridgehead atoms. The minimum absolute atomic E-state index is 0.0358. The first-order valence-electron chi connectivity index (χ1n) is 4.27. The van der Waals surface area contributed by atoms with Crippen molar-refractivity contribution in [2.24, 2.45) is 0 Å². The molecule has 0 heterocycles. The highest BCUT2D eigenvalue weighted by Crippen LogP contribution is 2.24. The lowest BCUT2D eigenvalue weighted by Crippen LogP contribution is -1.83. The van der Waals surface area contributed by atoms with Gasteiger partial charge in [-0.15, -0.1) is 0 Å². The van der Waals surface area contributed by atoms with Crippen molar-refractivity contribution in [1.82, 2.24) is 0 Å². The van der Waals surface area contributed by atoms with Gasteiger partial charge in [-0.05, 0) is 16.8 Å². The SMILES string of the molecule is C=O.O=Cc1c(O)ccc2ccccc12. The first-order valence-corrected chi connectivity index (χ1v) is 4.27. The minimum Gasteiger partial charge on any atom is -0.507 e. The molecule has 3 nitrogen and oxygen atoms in total. The molecule has 0 aromatic heterocycles. The van der Waals surface area contributed by atoms with Crippen molar-refractivity contribution >= 4 is 23.8 Å². The molecule has 0 atom stereocenters. The topological polar surface area (TPSA) is 54.4 Å². The van der Waals surface area contributed by atoms with E-state index >= 15 is 0 Å². The van der Waals surface area contributed by atoms with Gasteiger partial charge in [-0.1, -0.05) is 30.3 Å². The molecule has 2 aromatic rings. The first-order chi connectivity index (χ1) is 7.33. The lowest BCUT2D eigenvalue weighted by molar-refractivity contribution is -0.0979. The van der Waals surface area contributed by atoms with Crippen LogP contribution in [0.3, 0.4) is 0 Å². The van der Waals surface area contributed by atoms with Crippen molar-refractivity contribution in [2.75, 3.05) is 0 Å². The first kappa shape index (κ1) is 10.9. The molecule has 2 aromatic carbocycles. The van der Waals surface area contributed by atoms with Crippen LogP contribution in [-0.2, 0) is 4.79 Å². The highest BCUT2D eigenvalue weighted by Gasteiger charge is 2.03. The zero-order valence-corrected chi connectivity index (χ0v) is 8.01. The van der Waals surface area contributed by atoms with Gasteiger partial charge in [0.25, 0.3) is 0 Å². The maximum atomic E-state index is 10.7. The van der Waals surface area contributed by atoms with Crippen LogP contribution in [0.5, 0.6) is 5.75 Å². The van der Waals surface area contributed by atoms with Gasteiger partial charge in [0.05, 0.1) is 5.56 Å². The molecule has 15 heavy (non-hydrogen) atoms. The zero-order valence-electron chi connectivity index (χ0n) is 8.01. The van der Waals surface area contributed by atoms with Gasteiger partial charge in [-0.3, -0.25) is 4.79 Å². The Bertz CT molecular complexity index is 477. The fraction of sp³-hybridized carbons (Fsp3) is 0. The number of phenols is 1. The third-order valence-corrected chi connectivity index (χ3v) is 2.07. The van der Waals surface area contributed by atoms with Crippen molar-refractivity contribution in [2.45, 2.75) is 0 Å². The average Bonchev–Trinajstić information content (AvgIpc) is 2.32. The van der Waals surface area contributed by atoms with Gasteiger partial charge < -0.3 is 9.90 Å². The highest BCUT2D eigenvalue weighted by molar-refractivity contribution is 6.00. The quantitative estimate of drug-likeness (QED) is 0.721. The lowest BCUT2D eigenvalue weighted by Gasteiger charge is -2.01. The molecule has 0 aliphatic rings. The Morgan fingerprint density at radius 3 is 2.40 bits per heavy atom. The molecule has 0 spiro atoms. The molecule has 0 fully saturated rings. The Kier molecular flexibility index (Phi) is 3.57. The number of carbonyl (C=O) groups is 2. The fourth-order valence-electron chi connectivity index (χ4n) is 1.41. The maximum absolute atomic E-state index is 10.7. The monoisotopic (exact) mass is 202 g/mol. The van der Waals surface area contributed by atoms with Crippen LogP contribution in [0.1, 0.15) is 10.4 Å². The van der Waals surface area contributed by atoms with Crippen LogP contribution >= 0.6 is 0 Å². The summed E-state index contributed by atoms with van der Waals surface area (Å²) in [5.74, 6) is 0.0358. The zero-order chi connectivity index (χ0) is 11.3. The summed E-state index contributed by atoms with van der Waals surface area (Å²) in [5, 5.41) is 11.1. The van der Waals surface area contributed by atoms with E-state index in [0.717, 1.165) is 10.8 Å². The second-order valence-corrected chi connectivity index (χ2v) is 2.84. The predicted molar refractivity (Wildman–Crippen MR) is 58.1 cm³/mol. The summed E-state index contributed by atoms with van der Waals surface area (Å²) in [5.41, 5.74) is 0.359. The number of aldehydes is 1. The number of hydrogen-bond acceptors (Lipinski definition) is 3. The van der Waals surface area contributed by atoms with Crippen LogP contribution in [-0.4, -0.2) is 18.2 Å². The Hall–Kier alpha value is -2.16. The van der Waals surface area contributed by atoms with Gasteiger partial charge in [0.1, 0.15) is 12.5 Å². The van der Waals surface area contributed by atoms with Gasteiger partial charge in [-0.25, -0.2) is 0 Å². The number of carbonyl (C=O) groups excluding carboxylic acids is 2. The van der Waals surface area contributed by atoms with Crippen molar-refractivity contribution in [3.63, 3.8) is 0 Å². The molecular formula is C12H10O3. The van der Waals surface area contributed by atoms with E-state index in [2.05, 4.69) is 0 Å². The van der Waals surface area contributed by atoms with E-state index in [1.54, 1.807) is 6.07 Å². The van der Waals surface area contributed by atoms with E-state index in [1.165, 1.54) is 6.07 Å². The second kappa shape index (κ2) is 4.91. The highest BCUT2D eigenvalue weighted by atomic mass is 16.3. The number of benzene rings is 2. The number of aromatic hydroxyl groups is 1. The summed E-state index contributed by atoms with van der Waals surface area (Å²) in [6, 6.07) is 10.8. The smallest absolute Gasteiger partial charge is 0.154 e. The molecule has 0 aliphatic carbocycles. The van der Waals surface area contributed by atoms with Crippen LogP contribution in [0.25, 0.3) is 10.8 Å². The lowest BCUT2D eigenvalue weighted by atomic mass is 10.0. The van der Waals surface area contributed by atoms with E-state index < -0.39 is 0 Å². The van der Waals surface area contributed by atoms with E-state index in [-0.39, 0.29) is 5.75 Å². The molecule has 0 radical (unpaired) electrons. The summed E-state index contributed by atoms with van der Waals surface area (Å²) in [4.78, 5) is 18.7. The van der Waals surface area contributed by atoms with Gasteiger partial charge in [-0.2, -0.15) is 0 Å². The van der Waals surface area contributed by atoms with E-state index in [1.807, 2.05) is 31.1 Å². The summed E-state index contributed by atoms with van der Waals surface area (Å²) < 4.78 is 0. The molecule has 0 amide bonds. The van der Waals surface area contributed by atoms with E-state index in [0.29, 0.717) is 11.8 Å². The number of fused-ring (bicyclic) bond motifs is 1. The molecule has 0 saturated heterocycles. The third kappa shape index (κ3) is 2.02. The third-order valence-electron chi connectivity index (χ3n) is 2.07. The summed E-state index contributed by atoms with van der Waals surface area (Å²) in [6.07, 6.45) is 0.678. The summed E-state index contributed by atoms with van der Waals surface area (Å²) >= 11 is 0. The molecule has 1 N–H and O–H groups in total. The largest absolute Gasteiger partial charge is 0.507 e. The molecule has 0 aliphatic heterocycles. The Morgan fingerprint density at radius 1 is 1.07 bits per heavy atom. The maximum Gasteiger partial charge on any atom is 0.154 e. The molecule has 0 unspecified atom stereocenters. The normalized spacial score (nSPS) is 9.07. The van der Waals surface area contributed by atoms with E-state index in [4.69, 9.17) is 4.79 Å². The van der Waals surface area contributed by atoms with Crippen molar-refractivity contribution in [1.29, 1.82) is 0 Å². The van der Waals surface area contributed by atoms with Crippen molar-refractivity contribution in [3.8, 4) is 5.75 Å². The fourth-order valence-corrected chi connectivity index (χ4v) is 1.41. The molecule has 2 rings (SSSR count). The van der Waals surface area contributed by atoms with Crippen LogP contribution in [0.15, 0.2) is 36.4 Å². The van der Waals surface area contributed by atoms with Crippen LogP contribution in [0.4, 0.5) is 0 Å². The molecule has 0 saturated carbocycles. The average molecular weight is 202 g/mol. The van der Waals surface area contributed by atoms with Crippen LogP contribution < -0.4 is 0 Å². The molecular weight excluding hydrogens is 192 g/mol. The Labute approximate surface area is 87.0 Å². The van der Waals surface area contributed by atoms with Gasteiger partial charge >= 0.3 is 0 Å². The van der Waals surface area contributed by atoms with Crippen LogP contribution in [0.2, 0.25) is 0 Å². The molecule has 76 valence electrons. The van der Waals surface area contributed by atoms with E-state index in [9.17, 15) is 9.90 Å². The van der Waals surface area contributed by atoms with Crippen molar-refractivity contribution < 1.29 is 14.7 Å². The Balaban J connectivity index is 0.000000531. The van der Waals surface area contributed by atoms with Crippen molar-refractivity contribution in [3.05, 3.63) is 42.0 Å².